The van der Waals surface area contributed by atoms with Gasteiger partial charge in [-0.05, 0) is 6.54 Å². The summed E-state index contributed by atoms with van der Waals surface area (Å²) in [6, 6.07) is 0. The molecule has 1 aliphatic heterocycles. The SMILES string of the molecule is CCNCCN1CCOCC=NCCOCCOCC1. The molecule has 0 aromatic carbocycles. The molecule has 1 aliphatic rings. The third-order valence-electron chi connectivity index (χ3n) is 3.02. The summed E-state index contributed by atoms with van der Waals surface area (Å²) in [5.41, 5.74) is 0. The van der Waals surface area contributed by atoms with Gasteiger partial charge in [0.25, 0.3) is 0 Å². The van der Waals surface area contributed by atoms with E-state index in [1.54, 1.807) is 0 Å². The topological polar surface area (TPSA) is 55.3 Å². The van der Waals surface area contributed by atoms with Crippen molar-refractivity contribution in [3.8, 4) is 0 Å². The maximum absolute atomic E-state index is 5.58. The van der Waals surface area contributed by atoms with Crippen molar-refractivity contribution in [2.45, 2.75) is 6.92 Å². The molecular weight excluding hydrogens is 258 g/mol. The minimum absolute atomic E-state index is 0.581. The maximum Gasteiger partial charge on any atom is 0.0814 e. The fourth-order valence-electron chi connectivity index (χ4n) is 1.86. The Bertz CT molecular complexity index is 240. The highest BCUT2D eigenvalue weighted by Gasteiger charge is 2.04. The largest absolute Gasteiger partial charge is 0.378 e. The zero-order chi connectivity index (χ0) is 14.3. The van der Waals surface area contributed by atoms with Crippen molar-refractivity contribution in [3.05, 3.63) is 0 Å². The standard InChI is InChI=1S/C14H29N3O3/c1-2-15-3-6-17-7-11-18-9-4-16-5-10-19-13-14-20-12-8-17/h4,15H,2-3,5-14H2,1H3. The van der Waals surface area contributed by atoms with Crippen molar-refractivity contribution < 1.29 is 14.2 Å². The number of hydrogen-bond donors (Lipinski definition) is 1. The summed E-state index contributed by atoms with van der Waals surface area (Å²) in [6.07, 6.45) is 1.82. The van der Waals surface area contributed by atoms with Crippen LogP contribution in [0, 0.1) is 0 Å². The van der Waals surface area contributed by atoms with Crippen molar-refractivity contribution >= 4 is 6.21 Å². The minimum atomic E-state index is 0.581. The molecule has 0 amide bonds. The van der Waals surface area contributed by atoms with E-state index in [-0.39, 0.29) is 0 Å². The first kappa shape index (κ1) is 17.5. The van der Waals surface area contributed by atoms with Gasteiger partial charge in [0.2, 0.25) is 0 Å². The van der Waals surface area contributed by atoms with Gasteiger partial charge in [0.05, 0.1) is 46.2 Å². The van der Waals surface area contributed by atoms with E-state index in [1.807, 2.05) is 6.21 Å². The second-order valence-corrected chi connectivity index (χ2v) is 4.58. The molecule has 118 valence electrons. The monoisotopic (exact) mass is 287 g/mol. The summed E-state index contributed by atoms with van der Waals surface area (Å²) in [5, 5.41) is 3.34. The highest BCUT2D eigenvalue weighted by Crippen LogP contribution is 1.91. The molecule has 0 radical (unpaired) electrons. The molecule has 0 atom stereocenters. The first-order chi connectivity index (χ1) is 9.93. The second kappa shape index (κ2) is 13.5. The van der Waals surface area contributed by atoms with Crippen molar-refractivity contribution in [1.29, 1.82) is 0 Å². The molecule has 0 unspecified atom stereocenters. The van der Waals surface area contributed by atoms with Crippen LogP contribution in [0.5, 0.6) is 0 Å². The Balaban J connectivity index is 2.25. The summed E-state index contributed by atoms with van der Waals surface area (Å²) < 4.78 is 16.5. The van der Waals surface area contributed by atoms with Crippen molar-refractivity contribution in [1.82, 2.24) is 10.2 Å². The van der Waals surface area contributed by atoms with E-state index in [0.717, 1.165) is 45.9 Å². The molecule has 0 saturated heterocycles. The molecule has 0 aliphatic carbocycles. The number of ether oxygens (including phenoxy) is 3. The molecule has 0 fully saturated rings. The Labute approximate surface area is 122 Å². The number of rotatable bonds is 4. The summed E-state index contributed by atoms with van der Waals surface area (Å²) >= 11 is 0. The quantitative estimate of drug-likeness (QED) is 0.740. The van der Waals surface area contributed by atoms with Gasteiger partial charge in [0.1, 0.15) is 0 Å². The Hall–Kier alpha value is -0.530. The fourth-order valence-corrected chi connectivity index (χ4v) is 1.86. The van der Waals surface area contributed by atoms with Crippen molar-refractivity contribution in [2.24, 2.45) is 4.99 Å². The molecule has 0 bridgehead atoms. The molecular formula is C14H29N3O3. The van der Waals surface area contributed by atoms with Gasteiger partial charge < -0.3 is 19.5 Å². The van der Waals surface area contributed by atoms with Gasteiger partial charge in [-0.3, -0.25) is 9.89 Å². The Kier molecular flexibility index (Phi) is 11.8. The van der Waals surface area contributed by atoms with Crippen LogP contribution in [0.3, 0.4) is 0 Å². The zero-order valence-corrected chi connectivity index (χ0v) is 12.7. The Morgan fingerprint density at radius 2 is 1.80 bits per heavy atom. The van der Waals surface area contributed by atoms with Crippen LogP contribution in [-0.2, 0) is 14.2 Å². The summed E-state index contributed by atoms with van der Waals surface area (Å²) in [6.45, 7) is 11.7. The predicted molar refractivity (Wildman–Crippen MR) is 80.8 cm³/mol. The number of nitrogens with zero attached hydrogens (tertiary/aromatic N) is 2. The lowest BCUT2D eigenvalue weighted by atomic mass is 10.4. The summed E-state index contributed by atoms with van der Waals surface area (Å²) in [7, 11) is 0. The van der Waals surface area contributed by atoms with Crippen LogP contribution >= 0.6 is 0 Å². The molecule has 0 aromatic heterocycles. The smallest absolute Gasteiger partial charge is 0.0814 e. The van der Waals surface area contributed by atoms with E-state index in [4.69, 9.17) is 14.2 Å². The maximum atomic E-state index is 5.58. The molecule has 1 N–H and O–H groups in total. The van der Waals surface area contributed by atoms with Crippen LogP contribution in [0.1, 0.15) is 6.92 Å². The number of nitrogens with one attached hydrogen (secondary N) is 1. The average Bonchev–Trinajstić information content (AvgIpc) is 2.47. The lowest BCUT2D eigenvalue weighted by Crippen LogP contribution is -2.37. The van der Waals surface area contributed by atoms with Crippen LogP contribution in [0.15, 0.2) is 4.99 Å². The van der Waals surface area contributed by atoms with Crippen LogP contribution < -0.4 is 5.32 Å². The average molecular weight is 287 g/mol. The third-order valence-corrected chi connectivity index (χ3v) is 3.02. The van der Waals surface area contributed by atoms with E-state index >= 15 is 0 Å². The van der Waals surface area contributed by atoms with E-state index in [9.17, 15) is 0 Å². The number of hydrogen-bond acceptors (Lipinski definition) is 6. The molecule has 1 heterocycles. The molecule has 1 rings (SSSR count). The van der Waals surface area contributed by atoms with Gasteiger partial charge in [-0.25, -0.2) is 0 Å². The van der Waals surface area contributed by atoms with Gasteiger partial charge >= 0.3 is 0 Å². The number of likely N-dealkylation sites (N-methyl/N-ethyl adjacent to an activating group) is 1. The van der Waals surface area contributed by atoms with Gasteiger partial charge in [0, 0.05) is 32.4 Å². The minimum Gasteiger partial charge on any atom is -0.378 e. The first-order valence-electron chi connectivity index (χ1n) is 7.58. The molecule has 6 heteroatoms. The second-order valence-electron chi connectivity index (χ2n) is 4.58. The summed E-state index contributed by atoms with van der Waals surface area (Å²) in [4.78, 5) is 6.58. The van der Waals surface area contributed by atoms with Crippen LogP contribution in [0.25, 0.3) is 0 Å². The van der Waals surface area contributed by atoms with Gasteiger partial charge in [0.15, 0.2) is 0 Å². The van der Waals surface area contributed by atoms with Gasteiger partial charge in [-0.2, -0.15) is 0 Å². The molecule has 0 spiro atoms. The predicted octanol–water partition coefficient (Wildman–Crippen LogP) is 0.0321. The van der Waals surface area contributed by atoms with Gasteiger partial charge in [-0.1, -0.05) is 6.92 Å². The van der Waals surface area contributed by atoms with Crippen LogP contribution in [-0.4, -0.2) is 90.0 Å². The molecule has 0 saturated carbocycles. The third kappa shape index (κ3) is 10.3. The van der Waals surface area contributed by atoms with Crippen LogP contribution in [0.4, 0.5) is 0 Å². The van der Waals surface area contributed by atoms with E-state index in [0.29, 0.717) is 33.0 Å². The zero-order valence-electron chi connectivity index (χ0n) is 12.7. The van der Waals surface area contributed by atoms with Gasteiger partial charge in [-0.15, -0.1) is 0 Å². The fraction of sp³-hybridized carbons (Fsp3) is 0.929. The highest BCUT2D eigenvalue weighted by molar-refractivity contribution is 5.58. The van der Waals surface area contributed by atoms with E-state index in [2.05, 4.69) is 22.1 Å². The lowest BCUT2D eigenvalue weighted by molar-refractivity contribution is 0.0382. The number of aliphatic imine (C=N–C) groups is 1. The van der Waals surface area contributed by atoms with Crippen LogP contribution in [0.2, 0.25) is 0 Å². The normalized spacial score (nSPS) is 21.2. The van der Waals surface area contributed by atoms with E-state index < -0.39 is 0 Å². The van der Waals surface area contributed by atoms with E-state index in [1.165, 1.54) is 0 Å². The molecule has 0 aromatic rings. The lowest BCUT2D eigenvalue weighted by Gasteiger charge is -2.22. The highest BCUT2D eigenvalue weighted by atomic mass is 16.5. The summed E-state index contributed by atoms with van der Waals surface area (Å²) in [5.74, 6) is 0. The molecule has 6 nitrogen and oxygen atoms in total. The Morgan fingerprint density at radius 1 is 1.05 bits per heavy atom. The first-order valence-corrected chi connectivity index (χ1v) is 7.58. The molecule has 20 heavy (non-hydrogen) atoms. The Morgan fingerprint density at radius 3 is 2.60 bits per heavy atom. The van der Waals surface area contributed by atoms with Crippen molar-refractivity contribution in [3.63, 3.8) is 0 Å². The van der Waals surface area contributed by atoms with Crippen molar-refractivity contribution in [2.75, 3.05) is 78.9 Å².